The van der Waals surface area contributed by atoms with Gasteiger partial charge in [-0.2, -0.15) is 0 Å². The lowest BCUT2D eigenvalue weighted by molar-refractivity contribution is 0.254. The summed E-state index contributed by atoms with van der Waals surface area (Å²) < 4.78 is 14.2. The highest BCUT2D eigenvalue weighted by Gasteiger charge is 2.31. The van der Waals surface area contributed by atoms with E-state index in [-0.39, 0.29) is 11.7 Å². The van der Waals surface area contributed by atoms with Crippen molar-refractivity contribution in [3.8, 4) is 11.3 Å². The maximum atomic E-state index is 14.2. The van der Waals surface area contributed by atoms with Crippen molar-refractivity contribution in [3.63, 3.8) is 0 Å². The number of nitrogens with zero attached hydrogens (tertiary/aromatic N) is 5. The van der Waals surface area contributed by atoms with Crippen molar-refractivity contribution in [2.75, 3.05) is 46.7 Å². The molecule has 0 spiro atoms. The molecule has 8 heteroatoms. The maximum Gasteiger partial charge on any atom is 0.327 e. The number of urea groups is 1. The average Bonchev–Trinajstić information content (AvgIpc) is 3.35. The molecule has 2 aromatic heterocycles. The second-order valence-electron chi connectivity index (χ2n) is 9.00. The van der Waals surface area contributed by atoms with Gasteiger partial charge in [0.25, 0.3) is 0 Å². The number of carbonyl (C=O) groups is 1. The molecular weight excluding hydrogens is 431 g/mol. The Kier molecular flexibility index (Phi) is 6.04. The molecule has 1 N–H and O–H groups in total. The molecule has 2 aliphatic heterocycles. The molecule has 2 amide bonds. The minimum absolute atomic E-state index is 0.0980. The van der Waals surface area contributed by atoms with E-state index < -0.39 is 11.8 Å². The quantitative estimate of drug-likeness (QED) is 0.586. The molecule has 0 saturated carbocycles. The van der Waals surface area contributed by atoms with E-state index in [2.05, 4.69) is 44.4 Å². The summed E-state index contributed by atoms with van der Waals surface area (Å²) in [6.07, 6.45) is 5.74. The smallest absolute Gasteiger partial charge is 0.327 e. The van der Waals surface area contributed by atoms with E-state index in [1.807, 2.05) is 26.1 Å². The van der Waals surface area contributed by atoms with Crippen molar-refractivity contribution >= 4 is 28.9 Å². The van der Waals surface area contributed by atoms with Gasteiger partial charge in [0.2, 0.25) is 0 Å². The summed E-state index contributed by atoms with van der Waals surface area (Å²) in [6, 6.07) is 13.4. The van der Waals surface area contributed by atoms with Gasteiger partial charge in [-0.1, -0.05) is 12.1 Å². The van der Waals surface area contributed by atoms with Gasteiger partial charge in [-0.15, -0.1) is 0 Å². The molecule has 34 heavy (non-hydrogen) atoms. The number of fused-ring (bicyclic) bond motifs is 1. The highest BCUT2D eigenvalue weighted by atomic mass is 19.1. The number of nitrogens with one attached hydrogen (secondary N) is 1. The monoisotopic (exact) mass is 460 g/mol. The second kappa shape index (κ2) is 9.29. The van der Waals surface area contributed by atoms with E-state index in [9.17, 15) is 9.18 Å². The van der Waals surface area contributed by atoms with E-state index in [1.165, 1.54) is 30.8 Å². The number of benzene rings is 1. The molecule has 0 radical (unpaired) electrons. The Hall–Kier alpha value is -3.68. The molecule has 1 fully saturated rings. The molecule has 0 aliphatic carbocycles. The molecule has 2 aliphatic rings. The summed E-state index contributed by atoms with van der Waals surface area (Å²) in [5, 5.41) is 2.71. The minimum atomic E-state index is -0.573. The van der Waals surface area contributed by atoms with Crippen LogP contribution in [0.15, 0.2) is 54.9 Å². The van der Waals surface area contributed by atoms with Gasteiger partial charge in [0.15, 0.2) is 11.6 Å². The third-order valence-electron chi connectivity index (χ3n) is 6.66. The van der Waals surface area contributed by atoms with Gasteiger partial charge in [-0.25, -0.2) is 14.2 Å². The van der Waals surface area contributed by atoms with Crippen LogP contribution in [0.1, 0.15) is 26.2 Å². The van der Waals surface area contributed by atoms with Crippen molar-refractivity contribution in [2.24, 2.45) is 0 Å². The van der Waals surface area contributed by atoms with Crippen molar-refractivity contribution < 1.29 is 9.18 Å². The highest BCUT2D eigenvalue weighted by Crippen LogP contribution is 2.36. The van der Waals surface area contributed by atoms with Crippen LogP contribution in [0.4, 0.5) is 32.1 Å². The average molecular weight is 461 g/mol. The lowest BCUT2D eigenvalue weighted by atomic mass is 10.1. The van der Waals surface area contributed by atoms with Crippen molar-refractivity contribution in [1.29, 1.82) is 0 Å². The first-order valence-electron chi connectivity index (χ1n) is 11.8. The van der Waals surface area contributed by atoms with Gasteiger partial charge in [0.1, 0.15) is 0 Å². The van der Waals surface area contributed by atoms with Gasteiger partial charge in [0, 0.05) is 50.2 Å². The molecular formula is C26H29FN6O. The van der Waals surface area contributed by atoms with E-state index in [0.29, 0.717) is 5.82 Å². The summed E-state index contributed by atoms with van der Waals surface area (Å²) in [6.45, 7) is 4.92. The Bertz CT molecular complexity index is 1200. The number of rotatable bonds is 3. The van der Waals surface area contributed by atoms with Crippen LogP contribution in [-0.2, 0) is 0 Å². The fourth-order valence-electron chi connectivity index (χ4n) is 4.70. The molecule has 1 saturated heterocycles. The zero-order valence-electron chi connectivity index (χ0n) is 19.5. The number of hydrogen-bond donors (Lipinski definition) is 1. The summed E-state index contributed by atoms with van der Waals surface area (Å²) >= 11 is 0. The number of anilines is 4. The molecule has 0 unspecified atom stereocenters. The van der Waals surface area contributed by atoms with Crippen LogP contribution in [0.25, 0.3) is 11.3 Å². The summed E-state index contributed by atoms with van der Waals surface area (Å²) in [5.41, 5.74) is 3.97. The molecule has 7 nitrogen and oxygen atoms in total. The van der Waals surface area contributed by atoms with Crippen molar-refractivity contribution in [1.82, 2.24) is 9.97 Å². The van der Waals surface area contributed by atoms with Crippen molar-refractivity contribution in [3.05, 3.63) is 60.7 Å². The Balaban J connectivity index is 1.53. The zero-order chi connectivity index (χ0) is 23.7. The predicted molar refractivity (Wildman–Crippen MR) is 134 cm³/mol. The summed E-state index contributed by atoms with van der Waals surface area (Å²) in [5.74, 6) is -0.000330. The topological polar surface area (TPSA) is 64.6 Å². The second-order valence-corrected chi connectivity index (χ2v) is 9.00. The summed E-state index contributed by atoms with van der Waals surface area (Å²) in [4.78, 5) is 28.3. The summed E-state index contributed by atoms with van der Waals surface area (Å²) in [7, 11) is 2.00. The highest BCUT2D eigenvalue weighted by molar-refractivity contribution is 6.04. The van der Waals surface area contributed by atoms with E-state index >= 15 is 0 Å². The molecule has 1 aromatic carbocycles. The van der Waals surface area contributed by atoms with Crippen LogP contribution in [0.2, 0.25) is 0 Å². The van der Waals surface area contributed by atoms with Crippen LogP contribution in [0.3, 0.4) is 0 Å². The largest absolute Gasteiger partial charge is 0.372 e. The Morgan fingerprint density at radius 3 is 2.74 bits per heavy atom. The Labute approximate surface area is 199 Å². The van der Waals surface area contributed by atoms with Gasteiger partial charge in [0.05, 0.1) is 23.3 Å². The predicted octanol–water partition coefficient (Wildman–Crippen LogP) is 5.15. The van der Waals surface area contributed by atoms with Gasteiger partial charge >= 0.3 is 6.03 Å². The number of amides is 2. The first kappa shape index (κ1) is 22.1. The lowest BCUT2D eigenvalue weighted by Gasteiger charge is -2.28. The standard InChI is InChI=1S/C26H29FN6O/c1-18-11-15-31(2)24-9-8-22(19-6-5-7-20(16-19)32-13-3-4-14-32)29-25(24)33(18)26(34)30-23-10-12-28-17-21(23)27/h5-10,12,16-18H,3-4,11,13-15H2,1-2H3,(H,28,30,34)/t18-/m1/s1. The van der Waals surface area contributed by atoms with Crippen LogP contribution in [0, 0.1) is 5.82 Å². The third-order valence-corrected chi connectivity index (χ3v) is 6.66. The SMILES string of the molecule is C[C@@H]1CCN(C)c2ccc(-c3cccc(N4CCCC4)c3)nc2N1C(=O)Nc1ccncc1F. The maximum absolute atomic E-state index is 14.2. The number of halogens is 1. The first-order chi connectivity index (χ1) is 16.5. The van der Waals surface area contributed by atoms with Crippen molar-refractivity contribution in [2.45, 2.75) is 32.2 Å². The lowest BCUT2D eigenvalue weighted by Crippen LogP contribution is -2.42. The molecule has 176 valence electrons. The Morgan fingerprint density at radius 1 is 1.12 bits per heavy atom. The van der Waals surface area contributed by atoms with Crippen LogP contribution < -0.4 is 20.0 Å². The first-order valence-corrected chi connectivity index (χ1v) is 11.8. The number of aromatic nitrogens is 2. The van der Waals surface area contributed by atoms with E-state index in [1.54, 1.807) is 4.90 Å². The molecule has 0 bridgehead atoms. The van der Waals surface area contributed by atoms with Crippen LogP contribution >= 0.6 is 0 Å². The molecule has 1 atom stereocenters. The molecule has 5 rings (SSSR count). The zero-order valence-corrected chi connectivity index (χ0v) is 19.5. The van der Waals surface area contributed by atoms with E-state index in [4.69, 9.17) is 4.98 Å². The van der Waals surface area contributed by atoms with Gasteiger partial charge in [-0.05, 0) is 56.5 Å². The number of pyridine rings is 2. The molecule has 3 aromatic rings. The minimum Gasteiger partial charge on any atom is -0.372 e. The third kappa shape index (κ3) is 4.27. The van der Waals surface area contributed by atoms with Gasteiger partial charge < -0.3 is 15.1 Å². The number of carbonyl (C=O) groups excluding carboxylic acids is 1. The van der Waals surface area contributed by atoms with Crippen LogP contribution in [-0.4, -0.2) is 48.7 Å². The Morgan fingerprint density at radius 2 is 1.94 bits per heavy atom. The normalized spacial score (nSPS) is 18.0. The van der Waals surface area contributed by atoms with E-state index in [0.717, 1.165) is 49.2 Å². The fraction of sp³-hybridized carbons (Fsp3) is 0.346. The number of hydrogen-bond acceptors (Lipinski definition) is 5. The van der Waals surface area contributed by atoms with Crippen LogP contribution in [0.5, 0.6) is 0 Å². The fourth-order valence-corrected chi connectivity index (χ4v) is 4.70. The molecule has 4 heterocycles. The van der Waals surface area contributed by atoms with Gasteiger partial charge in [-0.3, -0.25) is 9.88 Å².